The Bertz CT molecular complexity index is 700. The fraction of sp³-hybridized carbons (Fsp3) is 0.412. The van der Waals surface area contributed by atoms with Gasteiger partial charge < -0.3 is 14.2 Å². The quantitative estimate of drug-likeness (QED) is 0.850. The maximum atomic E-state index is 12.4. The molecule has 2 aliphatic heterocycles. The van der Waals surface area contributed by atoms with Crippen molar-refractivity contribution in [1.29, 1.82) is 0 Å². The average Bonchev–Trinajstić information content (AvgIpc) is 3.15. The van der Waals surface area contributed by atoms with Gasteiger partial charge in [0.25, 0.3) is 5.91 Å². The van der Waals surface area contributed by atoms with Gasteiger partial charge in [0, 0.05) is 38.2 Å². The lowest BCUT2D eigenvalue weighted by molar-refractivity contribution is -0.130. The zero-order chi connectivity index (χ0) is 15.8. The first-order valence-electron chi connectivity index (χ1n) is 7.89. The van der Waals surface area contributed by atoms with E-state index in [-0.39, 0.29) is 24.7 Å². The third-order valence-corrected chi connectivity index (χ3v) is 4.65. The molecule has 6 nitrogen and oxygen atoms in total. The fourth-order valence-corrected chi connectivity index (χ4v) is 3.48. The number of nitrogens with zero attached hydrogens (tertiary/aromatic N) is 4. The number of para-hydroxylation sites is 1. The lowest BCUT2D eigenvalue weighted by atomic mass is 10.1. The Morgan fingerprint density at radius 2 is 2.09 bits per heavy atom. The Kier molecular flexibility index (Phi) is 3.63. The molecule has 4 rings (SSSR count). The zero-order valence-electron chi connectivity index (χ0n) is 13.1. The minimum absolute atomic E-state index is 0.0382. The highest BCUT2D eigenvalue weighted by atomic mass is 16.5. The van der Waals surface area contributed by atoms with Crippen molar-refractivity contribution in [2.45, 2.75) is 18.7 Å². The standard InChI is InChI=1S/C17H20N4O2/c1-19-8-7-18-16(19)11-20-9-14-15(10-20)23-12-17(22)21(14)13-5-3-2-4-6-13/h2-8,14-15H,9-12H2,1H3/t14-,15-/m0/s1. The van der Waals surface area contributed by atoms with Gasteiger partial charge in [-0.3, -0.25) is 9.69 Å². The molecule has 1 aromatic heterocycles. The van der Waals surface area contributed by atoms with Crippen molar-refractivity contribution in [3.05, 3.63) is 48.5 Å². The molecular formula is C17H20N4O2. The van der Waals surface area contributed by atoms with Crippen molar-refractivity contribution in [2.75, 3.05) is 24.6 Å². The molecule has 2 atom stereocenters. The van der Waals surface area contributed by atoms with E-state index < -0.39 is 0 Å². The highest BCUT2D eigenvalue weighted by Gasteiger charge is 2.43. The van der Waals surface area contributed by atoms with Gasteiger partial charge in [-0.15, -0.1) is 0 Å². The van der Waals surface area contributed by atoms with Crippen LogP contribution in [-0.2, 0) is 23.1 Å². The van der Waals surface area contributed by atoms with Crippen LogP contribution >= 0.6 is 0 Å². The summed E-state index contributed by atoms with van der Waals surface area (Å²) in [7, 11) is 2.00. The number of carbonyl (C=O) groups excluding carboxylic acids is 1. The number of amides is 1. The van der Waals surface area contributed by atoms with Crippen LogP contribution in [0, 0.1) is 0 Å². The summed E-state index contributed by atoms with van der Waals surface area (Å²) in [6.07, 6.45) is 3.83. The van der Waals surface area contributed by atoms with Gasteiger partial charge in [0.1, 0.15) is 12.4 Å². The Labute approximate surface area is 135 Å². The maximum absolute atomic E-state index is 12.4. The number of rotatable bonds is 3. The molecule has 2 fully saturated rings. The van der Waals surface area contributed by atoms with Gasteiger partial charge in [-0.25, -0.2) is 4.98 Å². The van der Waals surface area contributed by atoms with Gasteiger partial charge in [-0.1, -0.05) is 18.2 Å². The number of anilines is 1. The van der Waals surface area contributed by atoms with E-state index in [1.54, 1.807) is 0 Å². The van der Waals surface area contributed by atoms with Crippen LogP contribution in [0.2, 0.25) is 0 Å². The van der Waals surface area contributed by atoms with Crippen LogP contribution in [0.3, 0.4) is 0 Å². The van der Waals surface area contributed by atoms with E-state index in [0.29, 0.717) is 0 Å². The molecule has 0 bridgehead atoms. The number of likely N-dealkylation sites (tertiary alicyclic amines) is 1. The Balaban J connectivity index is 1.55. The first-order chi connectivity index (χ1) is 11.2. The second-order valence-corrected chi connectivity index (χ2v) is 6.16. The summed E-state index contributed by atoms with van der Waals surface area (Å²) in [5.41, 5.74) is 0.953. The summed E-state index contributed by atoms with van der Waals surface area (Å²) in [6.45, 7) is 2.56. The first kappa shape index (κ1) is 14.4. The van der Waals surface area contributed by atoms with E-state index in [4.69, 9.17) is 4.74 Å². The molecule has 6 heteroatoms. The van der Waals surface area contributed by atoms with Crippen molar-refractivity contribution in [3.8, 4) is 0 Å². The molecule has 23 heavy (non-hydrogen) atoms. The van der Waals surface area contributed by atoms with E-state index in [9.17, 15) is 4.79 Å². The van der Waals surface area contributed by atoms with E-state index in [1.165, 1.54) is 0 Å². The molecule has 0 spiro atoms. The molecule has 0 N–H and O–H groups in total. The molecule has 2 aromatic rings. The minimum atomic E-state index is 0.0382. The van der Waals surface area contributed by atoms with Gasteiger partial charge >= 0.3 is 0 Å². The van der Waals surface area contributed by atoms with Crippen LogP contribution in [0.25, 0.3) is 0 Å². The third-order valence-electron chi connectivity index (χ3n) is 4.65. The Morgan fingerprint density at radius 1 is 1.26 bits per heavy atom. The monoisotopic (exact) mass is 312 g/mol. The number of hydrogen-bond donors (Lipinski definition) is 0. The van der Waals surface area contributed by atoms with E-state index >= 15 is 0 Å². The van der Waals surface area contributed by atoms with Gasteiger partial charge in [-0.2, -0.15) is 0 Å². The minimum Gasteiger partial charge on any atom is -0.365 e. The van der Waals surface area contributed by atoms with E-state index in [2.05, 4.69) is 9.88 Å². The third kappa shape index (κ3) is 2.64. The van der Waals surface area contributed by atoms with Crippen molar-refractivity contribution in [3.63, 3.8) is 0 Å². The molecule has 0 radical (unpaired) electrons. The molecule has 0 saturated carbocycles. The number of imidazole rings is 1. The van der Waals surface area contributed by atoms with Crippen molar-refractivity contribution < 1.29 is 9.53 Å². The number of hydrogen-bond acceptors (Lipinski definition) is 4. The highest BCUT2D eigenvalue weighted by Crippen LogP contribution is 2.29. The number of ether oxygens (including phenoxy) is 1. The van der Waals surface area contributed by atoms with Crippen molar-refractivity contribution in [1.82, 2.24) is 14.5 Å². The smallest absolute Gasteiger partial charge is 0.253 e. The predicted octanol–water partition coefficient (Wildman–Crippen LogP) is 1.04. The number of benzene rings is 1. The summed E-state index contributed by atoms with van der Waals surface area (Å²) < 4.78 is 7.82. The lowest BCUT2D eigenvalue weighted by Crippen LogP contribution is -2.54. The highest BCUT2D eigenvalue weighted by molar-refractivity contribution is 5.95. The predicted molar refractivity (Wildman–Crippen MR) is 85.9 cm³/mol. The topological polar surface area (TPSA) is 50.6 Å². The fourth-order valence-electron chi connectivity index (χ4n) is 3.48. The van der Waals surface area contributed by atoms with E-state index in [1.807, 2.05) is 59.2 Å². The number of morpholine rings is 1. The average molecular weight is 312 g/mol. The molecule has 2 saturated heterocycles. The van der Waals surface area contributed by atoms with Crippen LogP contribution in [-0.4, -0.2) is 52.2 Å². The van der Waals surface area contributed by atoms with Gasteiger partial charge in [-0.05, 0) is 12.1 Å². The van der Waals surface area contributed by atoms with Crippen LogP contribution in [0.15, 0.2) is 42.7 Å². The van der Waals surface area contributed by atoms with Crippen molar-refractivity contribution >= 4 is 11.6 Å². The zero-order valence-corrected chi connectivity index (χ0v) is 13.1. The first-order valence-corrected chi connectivity index (χ1v) is 7.89. The summed E-state index contributed by atoms with van der Waals surface area (Å²) >= 11 is 0. The normalized spacial score (nSPS) is 24.9. The summed E-state index contributed by atoms with van der Waals surface area (Å²) in [4.78, 5) is 21.0. The Hall–Kier alpha value is -2.18. The summed E-state index contributed by atoms with van der Waals surface area (Å²) in [6, 6.07) is 9.94. The second-order valence-electron chi connectivity index (χ2n) is 6.16. The number of fused-ring (bicyclic) bond motifs is 1. The van der Waals surface area contributed by atoms with Gasteiger partial charge in [0.2, 0.25) is 0 Å². The summed E-state index contributed by atoms with van der Waals surface area (Å²) in [5.74, 6) is 1.07. The van der Waals surface area contributed by atoms with Crippen LogP contribution < -0.4 is 4.90 Å². The molecular weight excluding hydrogens is 292 g/mol. The lowest BCUT2D eigenvalue weighted by Gasteiger charge is -2.36. The van der Waals surface area contributed by atoms with Crippen LogP contribution in [0.5, 0.6) is 0 Å². The van der Waals surface area contributed by atoms with Crippen LogP contribution in [0.4, 0.5) is 5.69 Å². The molecule has 3 heterocycles. The van der Waals surface area contributed by atoms with Gasteiger partial charge in [0.05, 0.1) is 18.7 Å². The number of aryl methyl sites for hydroxylation is 1. The SMILES string of the molecule is Cn1ccnc1CN1C[C@@H]2OCC(=O)N(c3ccccc3)[C@H]2C1. The number of carbonyl (C=O) groups is 1. The largest absolute Gasteiger partial charge is 0.365 e. The number of aromatic nitrogens is 2. The van der Waals surface area contributed by atoms with Crippen LogP contribution in [0.1, 0.15) is 5.82 Å². The van der Waals surface area contributed by atoms with E-state index in [0.717, 1.165) is 31.1 Å². The summed E-state index contributed by atoms with van der Waals surface area (Å²) in [5, 5.41) is 0. The van der Waals surface area contributed by atoms with Gasteiger partial charge in [0.15, 0.2) is 0 Å². The second kappa shape index (κ2) is 5.79. The molecule has 0 unspecified atom stereocenters. The molecule has 1 aromatic carbocycles. The molecule has 1 amide bonds. The Morgan fingerprint density at radius 3 is 2.83 bits per heavy atom. The molecule has 120 valence electrons. The molecule has 2 aliphatic rings. The molecule has 0 aliphatic carbocycles. The maximum Gasteiger partial charge on any atom is 0.253 e. The van der Waals surface area contributed by atoms with Crippen molar-refractivity contribution in [2.24, 2.45) is 7.05 Å².